The van der Waals surface area contributed by atoms with Gasteiger partial charge in [-0.05, 0) is 66.1 Å². The maximum atomic E-state index is 12.0. The lowest BCUT2D eigenvalue weighted by molar-refractivity contribution is 0.399. The Hall–Kier alpha value is -1.94. The summed E-state index contributed by atoms with van der Waals surface area (Å²) in [5, 5.41) is 20.2. The van der Waals surface area contributed by atoms with Crippen molar-refractivity contribution in [1.82, 2.24) is 0 Å². The summed E-state index contributed by atoms with van der Waals surface area (Å²) in [5.41, 5.74) is 4.55. The zero-order valence-electron chi connectivity index (χ0n) is 12.4. The molecule has 114 valence electrons. The summed E-state index contributed by atoms with van der Waals surface area (Å²) in [6.07, 6.45) is 3.12. The van der Waals surface area contributed by atoms with Crippen molar-refractivity contribution in [2.45, 2.75) is 37.5 Å². The minimum atomic E-state index is -0.0888. The van der Waals surface area contributed by atoms with E-state index in [-0.39, 0.29) is 16.9 Å². The van der Waals surface area contributed by atoms with Gasteiger partial charge in [-0.25, -0.2) is 0 Å². The summed E-state index contributed by atoms with van der Waals surface area (Å²) in [6.45, 7) is 1.95. The molecule has 0 spiro atoms. The van der Waals surface area contributed by atoms with Gasteiger partial charge in [0.05, 0.1) is 4.90 Å². The molecule has 0 aromatic heterocycles. The number of aromatic hydroxyl groups is 2. The standard InChI is InChI=1S/C18H18O3S/c1-2-12-17-11(9-15(20)18(12)21)5-3-4-10-8-14(19)16(22)7-6-13(10)17/h6-9,20-21H,2-5H2,1H3,(H,19,22). The third kappa shape index (κ3) is 2.37. The van der Waals surface area contributed by atoms with E-state index < -0.39 is 0 Å². The van der Waals surface area contributed by atoms with Crippen molar-refractivity contribution in [2.24, 2.45) is 0 Å². The van der Waals surface area contributed by atoms with Crippen LogP contribution in [0.5, 0.6) is 11.5 Å². The van der Waals surface area contributed by atoms with Gasteiger partial charge in [0.15, 0.2) is 16.9 Å². The van der Waals surface area contributed by atoms with Gasteiger partial charge in [-0.2, -0.15) is 0 Å². The Morgan fingerprint density at radius 2 is 1.86 bits per heavy atom. The maximum absolute atomic E-state index is 12.0. The van der Waals surface area contributed by atoms with Crippen LogP contribution in [-0.2, 0) is 19.3 Å². The Kier molecular flexibility index (Phi) is 3.87. The first-order valence-corrected chi connectivity index (χ1v) is 7.91. The molecule has 2 aromatic carbocycles. The van der Waals surface area contributed by atoms with Crippen molar-refractivity contribution in [2.75, 3.05) is 0 Å². The second-order valence-electron chi connectivity index (χ2n) is 5.63. The number of fused-ring (bicyclic) bond motifs is 3. The lowest BCUT2D eigenvalue weighted by Crippen LogP contribution is -1.98. The summed E-state index contributed by atoms with van der Waals surface area (Å²) in [7, 11) is 0. The smallest absolute Gasteiger partial charge is 0.192 e. The zero-order chi connectivity index (χ0) is 15.9. The van der Waals surface area contributed by atoms with Crippen LogP contribution in [0.15, 0.2) is 34.0 Å². The summed E-state index contributed by atoms with van der Waals surface area (Å²) in [6, 6.07) is 6.91. The SMILES string of the molecule is CCc1c(O)c(O)cc2c1-c1ccc(S)c(=O)cc1CCC2. The third-order valence-corrected chi connectivity index (χ3v) is 4.66. The van der Waals surface area contributed by atoms with Gasteiger partial charge in [-0.3, -0.25) is 4.79 Å². The fourth-order valence-electron chi connectivity index (χ4n) is 3.23. The molecule has 0 amide bonds. The van der Waals surface area contributed by atoms with Gasteiger partial charge in [-0.1, -0.05) is 13.0 Å². The molecular weight excluding hydrogens is 296 g/mol. The quantitative estimate of drug-likeness (QED) is 0.558. The highest BCUT2D eigenvalue weighted by molar-refractivity contribution is 7.80. The Labute approximate surface area is 134 Å². The molecule has 0 atom stereocenters. The van der Waals surface area contributed by atoms with Gasteiger partial charge in [-0.15, -0.1) is 12.6 Å². The molecule has 1 aliphatic rings. The summed E-state index contributed by atoms with van der Waals surface area (Å²) >= 11 is 4.22. The highest BCUT2D eigenvalue weighted by Gasteiger charge is 2.21. The van der Waals surface area contributed by atoms with Gasteiger partial charge in [0.25, 0.3) is 0 Å². The molecule has 3 nitrogen and oxygen atoms in total. The van der Waals surface area contributed by atoms with E-state index in [2.05, 4.69) is 12.6 Å². The first-order chi connectivity index (χ1) is 10.5. The second-order valence-corrected chi connectivity index (χ2v) is 6.11. The lowest BCUT2D eigenvalue weighted by Gasteiger charge is -2.16. The molecule has 3 rings (SSSR count). The van der Waals surface area contributed by atoms with Gasteiger partial charge in [0.2, 0.25) is 0 Å². The molecule has 0 unspecified atom stereocenters. The van der Waals surface area contributed by atoms with Crippen molar-refractivity contribution in [3.05, 3.63) is 51.2 Å². The summed E-state index contributed by atoms with van der Waals surface area (Å²) < 4.78 is 0. The molecule has 4 heteroatoms. The first kappa shape index (κ1) is 15.0. The van der Waals surface area contributed by atoms with Gasteiger partial charge >= 0.3 is 0 Å². The molecule has 0 bridgehead atoms. The monoisotopic (exact) mass is 314 g/mol. The molecule has 0 aliphatic heterocycles. The average molecular weight is 314 g/mol. The van der Waals surface area contributed by atoms with Crippen LogP contribution in [0.1, 0.15) is 30.0 Å². The number of phenolic OH excluding ortho intramolecular Hbond substituents is 2. The molecule has 0 saturated carbocycles. The van der Waals surface area contributed by atoms with E-state index in [0.717, 1.165) is 47.1 Å². The van der Waals surface area contributed by atoms with Crippen LogP contribution in [0.3, 0.4) is 0 Å². The average Bonchev–Trinajstić information content (AvgIpc) is 2.73. The predicted octanol–water partition coefficient (Wildman–Crippen LogP) is 3.46. The fraction of sp³-hybridized carbons (Fsp3) is 0.278. The van der Waals surface area contributed by atoms with E-state index in [1.54, 1.807) is 18.2 Å². The van der Waals surface area contributed by atoms with Crippen LogP contribution in [0.25, 0.3) is 11.1 Å². The molecule has 0 saturated heterocycles. The second kappa shape index (κ2) is 5.69. The van der Waals surface area contributed by atoms with Gasteiger partial charge < -0.3 is 10.2 Å². The lowest BCUT2D eigenvalue weighted by atomic mass is 9.91. The normalized spacial score (nSPS) is 13.2. The highest BCUT2D eigenvalue weighted by Crippen LogP contribution is 2.43. The zero-order valence-corrected chi connectivity index (χ0v) is 13.3. The van der Waals surface area contributed by atoms with E-state index in [9.17, 15) is 15.0 Å². The van der Waals surface area contributed by atoms with Crippen molar-refractivity contribution >= 4 is 12.6 Å². The molecular formula is C18H18O3S. The molecule has 0 heterocycles. The molecule has 0 radical (unpaired) electrons. The van der Waals surface area contributed by atoms with Crippen LogP contribution in [0.4, 0.5) is 0 Å². The number of thiol groups is 1. The number of rotatable bonds is 1. The topological polar surface area (TPSA) is 57.5 Å². The molecule has 2 aromatic rings. The molecule has 2 N–H and O–H groups in total. The Bertz CT molecular complexity index is 812. The minimum Gasteiger partial charge on any atom is -0.504 e. The number of hydrogen-bond donors (Lipinski definition) is 3. The Balaban J connectivity index is 2.43. The molecule has 0 fully saturated rings. The first-order valence-electron chi connectivity index (χ1n) is 7.46. The van der Waals surface area contributed by atoms with Crippen LogP contribution >= 0.6 is 12.6 Å². The van der Waals surface area contributed by atoms with Gasteiger partial charge in [0.1, 0.15) is 0 Å². The summed E-state index contributed by atoms with van der Waals surface area (Å²) in [5.74, 6) is -0.132. The van der Waals surface area contributed by atoms with E-state index in [1.807, 2.05) is 13.0 Å². The minimum absolute atomic E-state index is 0.0611. The molecule has 22 heavy (non-hydrogen) atoms. The van der Waals surface area contributed by atoms with E-state index >= 15 is 0 Å². The third-order valence-electron chi connectivity index (χ3n) is 4.29. The van der Waals surface area contributed by atoms with Crippen molar-refractivity contribution < 1.29 is 10.2 Å². The van der Waals surface area contributed by atoms with E-state index in [4.69, 9.17) is 0 Å². The van der Waals surface area contributed by atoms with Crippen molar-refractivity contribution in [3.63, 3.8) is 0 Å². The Morgan fingerprint density at radius 3 is 2.59 bits per heavy atom. The van der Waals surface area contributed by atoms with Crippen LogP contribution in [0, 0.1) is 0 Å². The van der Waals surface area contributed by atoms with Gasteiger partial charge in [0, 0.05) is 5.56 Å². The number of benzene rings is 1. The number of phenols is 2. The molecule has 1 aliphatic carbocycles. The van der Waals surface area contributed by atoms with Crippen LogP contribution in [0.2, 0.25) is 0 Å². The van der Waals surface area contributed by atoms with E-state index in [0.29, 0.717) is 11.3 Å². The van der Waals surface area contributed by atoms with Crippen molar-refractivity contribution in [1.29, 1.82) is 0 Å². The highest BCUT2D eigenvalue weighted by atomic mass is 32.1. The number of aryl methyl sites for hydroxylation is 2. The summed E-state index contributed by atoms with van der Waals surface area (Å²) in [4.78, 5) is 12.4. The Morgan fingerprint density at radius 1 is 1.14 bits per heavy atom. The fourth-order valence-corrected chi connectivity index (χ4v) is 3.37. The van der Waals surface area contributed by atoms with Crippen molar-refractivity contribution in [3.8, 4) is 22.6 Å². The van der Waals surface area contributed by atoms with Crippen LogP contribution in [-0.4, -0.2) is 10.2 Å². The largest absolute Gasteiger partial charge is 0.504 e. The van der Waals surface area contributed by atoms with Crippen LogP contribution < -0.4 is 5.43 Å². The van der Waals surface area contributed by atoms with E-state index in [1.165, 1.54) is 0 Å². The predicted molar refractivity (Wildman–Crippen MR) is 90.1 cm³/mol. The maximum Gasteiger partial charge on any atom is 0.192 e. The number of hydrogen-bond acceptors (Lipinski definition) is 4.